The molecule has 0 saturated carbocycles. The molecule has 1 rings (SSSR count). The third-order valence-corrected chi connectivity index (χ3v) is 2.82. The van der Waals surface area contributed by atoms with E-state index in [1.54, 1.807) is 0 Å². The zero-order valence-electron chi connectivity index (χ0n) is 12.5. The topological polar surface area (TPSA) is 97.4 Å². The average Bonchev–Trinajstić information content (AvgIpc) is 2.37. The molecule has 1 aliphatic rings. The zero-order chi connectivity index (χ0) is 16.0. The lowest BCUT2D eigenvalue weighted by molar-refractivity contribution is -0.259. The minimum Gasteiger partial charge on any atom is -0.463 e. The zero-order valence-corrected chi connectivity index (χ0v) is 12.5. The number of hydrogen-bond donors (Lipinski definition) is 0. The molecular formula is C13H20O8. The number of carbonyl (C=O) groups is 3. The molecule has 0 amide bonds. The Morgan fingerprint density at radius 3 is 2.14 bits per heavy atom. The highest BCUT2D eigenvalue weighted by atomic mass is 16.7. The Bertz CT molecular complexity index is 394. The van der Waals surface area contributed by atoms with Crippen LogP contribution in [0.1, 0.15) is 27.2 Å². The summed E-state index contributed by atoms with van der Waals surface area (Å²) in [5.74, 6) is -1.56. The highest BCUT2D eigenvalue weighted by molar-refractivity contribution is 5.67. The number of rotatable bonds is 5. The summed E-state index contributed by atoms with van der Waals surface area (Å²) >= 11 is 0. The van der Waals surface area contributed by atoms with Crippen LogP contribution in [0.2, 0.25) is 0 Å². The van der Waals surface area contributed by atoms with Crippen molar-refractivity contribution in [1.82, 2.24) is 0 Å². The molecule has 0 N–H and O–H groups in total. The molecule has 0 aromatic heterocycles. The average molecular weight is 304 g/mol. The van der Waals surface area contributed by atoms with E-state index in [0.29, 0.717) is 0 Å². The molecule has 1 heterocycles. The van der Waals surface area contributed by atoms with E-state index in [2.05, 4.69) is 0 Å². The van der Waals surface area contributed by atoms with E-state index >= 15 is 0 Å². The number of ether oxygens (including phenoxy) is 5. The van der Waals surface area contributed by atoms with E-state index in [1.165, 1.54) is 27.9 Å². The lowest BCUT2D eigenvalue weighted by Crippen LogP contribution is -2.54. The predicted molar refractivity (Wildman–Crippen MR) is 68.0 cm³/mol. The number of carbonyl (C=O) groups excluding carboxylic acids is 3. The summed E-state index contributed by atoms with van der Waals surface area (Å²) in [4.78, 5) is 33.3. The van der Waals surface area contributed by atoms with Crippen LogP contribution in [0, 0.1) is 0 Å². The van der Waals surface area contributed by atoms with Gasteiger partial charge >= 0.3 is 17.9 Å². The van der Waals surface area contributed by atoms with Crippen molar-refractivity contribution in [2.45, 2.75) is 51.8 Å². The molecule has 0 aromatic rings. The quantitative estimate of drug-likeness (QED) is 0.524. The van der Waals surface area contributed by atoms with E-state index in [4.69, 9.17) is 23.7 Å². The lowest BCUT2D eigenvalue weighted by Gasteiger charge is -2.39. The van der Waals surface area contributed by atoms with Gasteiger partial charge in [-0.2, -0.15) is 0 Å². The van der Waals surface area contributed by atoms with Crippen molar-refractivity contribution in [1.29, 1.82) is 0 Å². The minimum atomic E-state index is -0.864. The Kier molecular flexibility index (Phi) is 6.57. The molecule has 8 heteroatoms. The summed E-state index contributed by atoms with van der Waals surface area (Å²) in [5, 5.41) is 0. The van der Waals surface area contributed by atoms with Gasteiger partial charge in [0.2, 0.25) is 0 Å². The summed E-state index contributed by atoms with van der Waals surface area (Å²) in [6.45, 7) is 3.60. The molecule has 1 saturated heterocycles. The highest BCUT2D eigenvalue weighted by Crippen LogP contribution is 2.26. The van der Waals surface area contributed by atoms with Gasteiger partial charge < -0.3 is 23.7 Å². The maximum absolute atomic E-state index is 11.2. The fourth-order valence-corrected chi connectivity index (χ4v) is 2.05. The first kappa shape index (κ1) is 17.4. The van der Waals surface area contributed by atoms with Crippen molar-refractivity contribution in [2.24, 2.45) is 0 Å². The molecule has 21 heavy (non-hydrogen) atoms. The summed E-state index contributed by atoms with van der Waals surface area (Å²) in [6, 6.07) is 0. The largest absolute Gasteiger partial charge is 0.463 e. The van der Waals surface area contributed by atoms with Crippen molar-refractivity contribution in [3.05, 3.63) is 0 Å². The molecule has 8 nitrogen and oxygen atoms in total. The van der Waals surface area contributed by atoms with Gasteiger partial charge in [-0.15, -0.1) is 0 Å². The molecule has 0 aliphatic carbocycles. The summed E-state index contributed by atoms with van der Waals surface area (Å²) in [5.41, 5.74) is 0. The molecule has 4 atom stereocenters. The van der Waals surface area contributed by atoms with Gasteiger partial charge in [0.15, 0.2) is 12.4 Å². The van der Waals surface area contributed by atoms with Crippen LogP contribution in [-0.2, 0) is 38.1 Å². The predicted octanol–water partition coefficient (Wildman–Crippen LogP) is 0.174. The van der Waals surface area contributed by atoms with E-state index in [0.717, 1.165) is 0 Å². The Hall–Kier alpha value is -1.67. The maximum Gasteiger partial charge on any atom is 0.303 e. The van der Waals surface area contributed by atoms with Gasteiger partial charge in [-0.25, -0.2) is 0 Å². The van der Waals surface area contributed by atoms with Crippen LogP contribution in [0.5, 0.6) is 0 Å². The standard InChI is InChI=1S/C13H20O8/c1-7(14)18-6-11-13(20-9(3)16)10(19-8(2)15)5-12(17-4)21-11/h10-13H,5-6H2,1-4H3/t10-,11+,12-,13+/m1/s1. The second kappa shape index (κ2) is 7.94. The molecule has 0 radical (unpaired) electrons. The van der Waals surface area contributed by atoms with Crippen LogP contribution < -0.4 is 0 Å². The Balaban J connectivity index is 2.87. The van der Waals surface area contributed by atoms with Crippen molar-refractivity contribution >= 4 is 17.9 Å². The SMILES string of the molecule is CO[C@H]1C[C@@H](OC(C)=O)[C@H](OC(C)=O)[C@H](COC(C)=O)O1. The van der Waals surface area contributed by atoms with Gasteiger partial charge in [-0.3, -0.25) is 14.4 Å². The molecule has 0 unspecified atom stereocenters. The van der Waals surface area contributed by atoms with Gasteiger partial charge in [0, 0.05) is 34.3 Å². The highest BCUT2D eigenvalue weighted by Gasteiger charge is 2.43. The normalized spacial score (nSPS) is 28.6. The van der Waals surface area contributed by atoms with E-state index in [-0.39, 0.29) is 13.0 Å². The Morgan fingerprint density at radius 1 is 1.05 bits per heavy atom. The fourth-order valence-electron chi connectivity index (χ4n) is 2.05. The smallest absolute Gasteiger partial charge is 0.303 e. The van der Waals surface area contributed by atoms with Crippen LogP contribution in [0.4, 0.5) is 0 Å². The van der Waals surface area contributed by atoms with Gasteiger partial charge in [0.25, 0.3) is 0 Å². The third-order valence-electron chi connectivity index (χ3n) is 2.82. The van der Waals surface area contributed by atoms with E-state index < -0.39 is 42.5 Å². The first-order valence-electron chi connectivity index (χ1n) is 6.49. The van der Waals surface area contributed by atoms with Crippen LogP contribution in [-0.4, -0.2) is 56.2 Å². The van der Waals surface area contributed by atoms with Crippen molar-refractivity contribution in [3.8, 4) is 0 Å². The van der Waals surface area contributed by atoms with Crippen molar-refractivity contribution in [2.75, 3.05) is 13.7 Å². The van der Waals surface area contributed by atoms with Crippen LogP contribution in [0.15, 0.2) is 0 Å². The summed E-state index contributed by atoms with van der Waals surface area (Å²) in [6.07, 6.45) is -2.81. The molecule has 0 spiro atoms. The van der Waals surface area contributed by atoms with Gasteiger partial charge in [-0.1, -0.05) is 0 Å². The molecule has 120 valence electrons. The van der Waals surface area contributed by atoms with E-state index in [1.807, 2.05) is 0 Å². The van der Waals surface area contributed by atoms with Crippen LogP contribution in [0.3, 0.4) is 0 Å². The lowest BCUT2D eigenvalue weighted by atomic mass is 10.0. The van der Waals surface area contributed by atoms with Crippen molar-refractivity contribution in [3.63, 3.8) is 0 Å². The first-order chi connectivity index (χ1) is 9.83. The first-order valence-corrected chi connectivity index (χ1v) is 6.49. The Morgan fingerprint density at radius 2 is 1.67 bits per heavy atom. The van der Waals surface area contributed by atoms with Crippen molar-refractivity contribution < 1.29 is 38.1 Å². The maximum atomic E-state index is 11.2. The fraction of sp³-hybridized carbons (Fsp3) is 0.769. The van der Waals surface area contributed by atoms with Crippen LogP contribution >= 0.6 is 0 Å². The van der Waals surface area contributed by atoms with Crippen LogP contribution in [0.25, 0.3) is 0 Å². The van der Waals surface area contributed by atoms with Gasteiger partial charge in [0.05, 0.1) is 0 Å². The van der Waals surface area contributed by atoms with E-state index in [9.17, 15) is 14.4 Å². The summed E-state index contributed by atoms with van der Waals surface area (Å²) in [7, 11) is 1.44. The Labute approximate surface area is 122 Å². The minimum absolute atomic E-state index is 0.134. The number of esters is 3. The summed E-state index contributed by atoms with van der Waals surface area (Å²) < 4.78 is 25.8. The van der Waals surface area contributed by atoms with Gasteiger partial charge in [0.1, 0.15) is 18.8 Å². The molecular weight excluding hydrogens is 284 g/mol. The molecule has 0 bridgehead atoms. The van der Waals surface area contributed by atoms with Gasteiger partial charge in [-0.05, 0) is 0 Å². The second-order valence-corrected chi connectivity index (χ2v) is 4.60. The number of hydrogen-bond acceptors (Lipinski definition) is 8. The molecule has 1 aliphatic heterocycles. The number of methoxy groups -OCH3 is 1. The second-order valence-electron chi connectivity index (χ2n) is 4.60. The third kappa shape index (κ3) is 5.68. The monoisotopic (exact) mass is 304 g/mol. The molecule has 1 fully saturated rings. The molecule has 0 aromatic carbocycles.